The number of anilines is 1. The van der Waals surface area contributed by atoms with Crippen LogP contribution in [0.2, 0.25) is 0 Å². The van der Waals surface area contributed by atoms with Crippen LogP contribution < -0.4 is 9.64 Å². The summed E-state index contributed by atoms with van der Waals surface area (Å²) in [6.45, 7) is 5.51. The molecule has 2 aromatic carbocycles. The standard InChI is InChI=1S/C27H31N5O2/c1-5-20-7-9-21(10-8-20)17-31(26(33)18-30(3)4)23-15-25-27(28-16-23)32(19-29-25)22-11-13-24(14-12-22)34-6-2/h7-16,19H,5-6,17-18H2,1-4H3. The van der Waals surface area contributed by atoms with Gasteiger partial charge in [-0.25, -0.2) is 9.97 Å². The van der Waals surface area contributed by atoms with E-state index in [9.17, 15) is 4.79 Å². The van der Waals surface area contributed by atoms with Crippen LogP contribution in [-0.4, -0.2) is 52.6 Å². The molecule has 0 fully saturated rings. The molecule has 2 aromatic heterocycles. The van der Waals surface area contributed by atoms with E-state index >= 15 is 0 Å². The van der Waals surface area contributed by atoms with Crippen molar-refractivity contribution in [3.8, 4) is 11.4 Å². The van der Waals surface area contributed by atoms with Crippen molar-refractivity contribution < 1.29 is 9.53 Å². The summed E-state index contributed by atoms with van der Waals surface area (Å²) in [7, 11) is 3.79. The van der Waals surface area contributed by atoms with Crippen molar-refractivity contribution in [2.75, 3.05) is 32.1 Å². The summed E-state index contributed by atoms with van der Waals surface area (Å²) in [5, 5.41) is 0. The summed E-state index contributed by atoms with van der Waals surface area (Å²) >= 11 is 0. The first-order chi connectivity index (χ1) is 16.5. The number of aryl methyl sites for hydroxylation is 1. The molecule has 0 aliphatic heterocycles. The second kappa shape index (κ2) is 10.5. The topological polar surface area (TPSA) is 63.5 Å². The molecule has 0 aliphatic carbocycles. The highest BCUT2D eigenvalue weighted by Gasteiger charge is 2.19. The first-order valence-electron chi connectivity index (χ1n) is 11.6. The van der Waals surface area contributed by atoms with E-state index in [1.165, 1.54) is 5.56 Å². The van der Waals surface area contributed by atoms with Crippen LogP contribution >= 0.6 is 0 Å². The van der Waals surface area contributed by atoms with E-state index in [0.717, 1.165) is 40.3 Å². The number of aromatic nitrogens is 3. The fourth-order valence-electron chi connectivity index (χ4n) is 3.84. The van der Waals surface area contributed by atoms with E-state index < -0.39 is 0 Å². The number of hydrogen-bond donors (Lipinski definition) is 0. The quantitative estimate of drug-likeness (QED) is 0.371. The Morgan fingerprint density at radius 2 is 1.68 bits per heavy atom. The van der Waals surface area contributed by atoms with Crippen molar-refractivity contribution in [1.29, 1.82) is 0 Å². The lowest BCUT2D eigenvalue weighted by Crippen LogP contribution is -2.37. The molecular weight excluding hydrogens is 426 g/mol. The Bertz CT molecular complexity index is 1250. The summed E-state index contributed by atoms with van der Waals surface area (Å²) in [4.78, 5) is 26.1. The van der Waals surface area contributed by atoms with E-state index in [1.807, 2.05) is 60.8 Å². The Balaban J connectivity index is 1.65. The number of nitrogens with zero attached hydrogens (tertiary/aromatic N) is 5. The number of rotatable bonds is 9. The molecule has 1 amide bonds. The van der Waals surface area contributed by atoms with Crippen molar-refractivity contribution in [2.45, 2.75) is 26.8 Å². The van der Waals surface area contributed by atoms with Crippen LogP contribution in [0.5, 0.6) is 5.75 Å². The third-order valence-electron chi connectivity index (χ3n) is 5.64. The zero-order valence-electron chi connectivity index (χ0n) is 20.2. The molecule has 176 valence electrons. The van der Waals surface area contributed by atoms with Gasteiger partial charge in [-0.2, -0.15) is 0 Å². The molecule has 0 aliphatic rings. The molecule has 34 heavy (non-hydrogen) atoms. The molecular formula is C27H31N5O2. The van der Waals surface area contributed by atoms with E-state index in [4.69, 9.17) is 4.74 Å². The second-order valence-corrected chi connectivity index (χ2v) is 8.47. The van der Waals surface area contributed by atoms with Crippen LogP contribution in [0.4, 0.5) is 5.69 Å². The molecule has 7 nitrogen and oxygen atoms in total. The van der Waals surface area contributed by atoms with Crippen LogP contribution in [0.25, 0.3) is 16.9 Å². The lowest BCUT2D eigenvalue weighted by atomic mass is 10.1. The van der Waals surface area contributed by atoms with E-state index in [1.54, 1.807) is 17.4 Å². The van der Waals surface area contributed by atoms with Gasteiger partial charge < -0.3 is 14.5 Å². The SMILES string of the molecule is CCOc1ccc(-n2cnc3cc(N(Cc4ccc(CC)cc4)C(=O)CN(C)C)cnc32)cc1. The average molecular weight is 458 g/mol. The Kier molecular flexibility index (Phi) is 7.23. The molecule has 4 rings (SSSR count). The number of pyridine rings is 1. The minimum Gasteiger partial charge on any atom is -0.494 e. The molecule has 7 heteroatoms. The lowest BCUT2D eigenvalue weighted by molar-refractivity contribution is -0.119. The number of carbonyl (C=O) groups is 1. The number of ether oxygens (including phenoxy) is 1. The Morgan fingerprint density at radius 1 is 0.971 bits per heavy atom. The molecule has 2 heterocycles. The predicted octanol–water partition coefficient (Wildman–Crippen LogP) is 4.48. The van der Waals surface area contributed by atoms with E-state index in [0.29, 0.717) is 19.7 Å². The smallest absolute Gasteiger partial charge is 0.241 e. The number of carbonyl (C=O) groups excluding carboxylic acids is 1. The highest BCUT2D eigenvalue weighted by molar-refractivity contribution is 5.96. The van der Waals surface area contributed by atoms with Gasteiger partial charge in [0.1, 0.15) is 17.6 Å². The summed E-state index contributed by atoms with van der Waals surface area (Å²) in [6.07, 6.45) is 4.50. The third kappa shape index (κ3) is 5.26. The van der Waals surface area contributed by atoms with Gasteiger partial charge in [-0.05, 0) is 68.9 Å². The minimum atomic E-state index is 0.0108. The van der Waals surface area contributed by atoms with Crippen LogP contribution in [0.1, 0.15) is 25.0 Å². The predicted molar refractivity (Wildman–Crippen MR) is 136 cm³/mol. The maximum absolute atomic E-state index is 13.1. The summed E-state index contributed by atoms with van der Waals surface area (Å²) in [6, 6.07) is 18.2. The Labute approximate surface area is 200 Å². The molecule has 0 radical (unpaired) electrons. The van der Waals surface area contributed by atoms with E-state index in [-0.39, 0.29) is 5.91 Å². The van der Waals surface area contributed by atoms with Crippen molar-refractivity contribution in [3.63, 3.8) is 0 Å². The number of hydrogen-bond acceptors (Lipinski definition) is 5. The van der Waals surface area contributed by atoms with Crippen molar-refractivity contribution in [3.05, 3.63) is 78.2 Å². The lowest BCUT2D eigenvalue weighted by Gasteiger charge is -2.24. The van der Waals surface area contributed by atoms with Gasteiger partial charge in [-0.15, -0.1) is 0 Å². The molecule has 0 N–H and O–H groups in total. The largest absolute Gasteiger partial charge is 0.494 e. The first kappa shape index (κ1) is 23.4. The molecule has 0 bridgehead atoms. The van der Waals surface area contributed by atoms with Crippen LogP contribution in [-0.2, 0) is 17.8 Å². The molecule has 0 saturated carbocycles. The van der Waals surface area contributed by atoms with Gasteiger partial charge in [-0.1, -0.05) is 31.2 Å². The highest BCUT2D eigenvalue weighted by Crippen LogP contribution is 2.24. The summed E-state index contributed by atoms with van der Waals surface area (Å²) < 4.78 is 7.47. The fourth-order valence-corrected chi connectivity index (χ4v) is 3.84. The van der Waals surface area contributed by atoms with Gasteiger partial charge in [0.25, 0.3) is 0 Å². The molecule has 0 spiro atoms. The maximum Gasteiger partial charge on any atom is 0.241 e. The van der Waals surface area contributed by atoms with Crippen LogP contribution in [0.15, 0.2) is 67.1 Å². The number of benzene rings is 2. The van der Waals surface area contributed by atoms with Gasteiger partial charge in [-0.3, -0.25) is 9.36 Å². The van der Waals surface area contributed by atoms with Gasteiger partial charge in [0.2, 0.25) is 5.91 Å². The average Bonchev–Trinajstić information content (AvgIpc) is 3.26. The summed E-state index contributed by atoms with van der Waals surface area (Å²) in [5.74, 6) is 0.838. The minimum absolute atomic E-state index is 0.0108. The van der Waals surface area contributed by atoms with Crippen molar-refractivity contribution in [2.24, 2.45) is 0 Å². The Hall–Kier alpha value is -3.71. The molecule has 0 saturated heterocycles. The molecule has 4 aromatic rings. The highest BCUT2D eigenvalue weighted by atomic mass is 16.5. The molecule has 0 unspecified atom stereocenters. The number of likely N-dealkylation sites (N-methyl/N-ethyl adjacent to an activating group) is 1. The van der Waals surface area contributed by atoms with Crippen molar-refractivity contribution >= 4 is 22.8 Å². The van der Waals surface area contributed by atoms with E-state index in [2.05, 4.69) is 41.2 Å². The fraction of sp³-hybridized carbons (Fsp3) is 0.296. The normalized spacial score (nSPS) is 11.2. The third-order valence-corrected chi connectivity index (χ3v) is 5.64. The van der Waals surface area contributed by atoms with Gasteiger partial charge in [0.15, 0.2) is 5.65 Å². The maximum atomic E-state index is 13.1. The number of imidazole rings is 1. The Morgan fingerprint density at radius 3 is 2.32 bits per heavy atom. The first-order valence-corrected chi connectivity index (χ1v) is 11.6. The second-order valence-electron chi connectivity index (χ2n) is 8.47. The van der Waals surface area contributed by atoms with Gasteiger partial charge in [0.05, 0.1) is 31.6 Å². The zero-order valence-corrected chi connectivity index (χ0v) is 20.2. The molecule has 0 atom stereocenters. The number of fused-ring (bicyclic) bond motifs is 1. The van der Waals surface area contributed by atoms with Crippen LogP contribution in [0.3, 0.4) is 0 Å². The van der Waals surface area contributed by atoms with Gasteiger partial charge >= 0.3 is 0 Å². The van der Waals surface area contributed by atoms with Crippen LogP contribution in [0, 0.1) is 0 Å². The monoisotopic (exact) mass is 457 g/mol. The zero-order chi connectivity index (χ0) is 24.1. The number of amides is 1. The van der Waals surface area contributed by atoms with Crippen molar-refractivity contribution in [1.82, 2.24) is 19.4 Å². The summed E-state index contributed by atoms with van der Waals surface area (Å²) in [5.41, 5.74) is 5.50. The van der Waals surface area contributed by atoms with Gasteiger partial charge in [0, 0.05) is 5.69 Å².